The molecular weight excluding hydrogens is 230 g/mol. The number of alkyl halides is 1. The van der Waals surface area contributed by atoms with E-state index in [9.17, 15) is 0 Å². The number of anilines is 1. The van der Waals surface area contributed by atoms with Crippen molar-refractivity contribution in [2.24, 2.45) is 0 Å². The van der Waals surface area contributed by atoms with E-state index in [0.29, 0.717) is 11.9 Å². The van der Waals surface area contributed by atoms with Crippen molar-refractivity contribution in [2.75, 3.05) is 17.3 Å². The van der Waals surface area contributed by atoms with Crippen LogP contribution in [0.1, 0.15) is 32.0 Å². The van der Waals surface area contributed by atoms with Crippen LogP contribution in [0.4, 0.5) is 5.13 Å². The summed E-state index contributed by atoms with van der Waals surface area (Å²) in [6.45, 7) is 3.23. The summed E-state index contributed by atoms with van der Waals surface area (Å²) in [5.41, 5.74) is 0. The maximum atomic E-state index is 5.94. The number of aryl methyl sites for hydroxylation is 1. The van der Waals surface area contributed by atoms with Crippen LogP contribution in [0.15, 0.2) is 0 Å². The first-order chi connectivity index (χ1) is 7.35. The Bertz CT molecular complexity index is 315. The summed E-state index contributed by atoms with van der Waals surface area (Å²) in [7, 11) is 0. The lowest BCUT2D eigenvalue weighted by molar-refractivity contribution is 0.736. The van der Waals surface area contributed by atoms with E-state index in [4.69, 9.17) is 11.6 Å². The molecular formula is C10H16ClN3S. The van der Waals surface area contributed by atoms with Crippen molar-refractivity contribution in [1.82, 2.24) is 9.36 Å². The van der Waals surface area contributed by atoms with E-state index in [1.807, 2.05) is 0 Å². The lowest BCUT2D eigenvalue weighted by Gasteiger charge is -2.20. The number of rotatable bonds is 4. The summed E-state index contributed by atoms with van der Waals surface area (Å²) in [5, 5.41) is 1.06. The summed E-state index contributed by atoms with van der Waals surface area (Å²) >= 11 is 7.45. The van der Waals surface area contributed by atoms with Crippen LogP contribution in [0, 0.1) is 0 Å². The number of aromatic nitrogens is 2. The van der Waals surface area contributed by atoms with E-state index in [1.54, 1.807) is 0 Å². The Morgan fingerprint density at radius 2 is 2.47 bits per heavy atom. The first-order valence-corrected chi connectivity index (χ1v) is 6.81. The molecule has 1 aliphatic heterocycles. The molecule has 15 heavy (non-hydrogen) atoms. The largest absolute Gasteiger partial charge is 0.343 e. The molecule has 1 unspecified atom stereocenters. The Balaban J connectivity index is 2.07. The van der Waals surface area contributed by atoms with Gasteiger partial charge in [0.25, 0.3) is 0 Å². The Labute approximate surface area is 99.6 Å². The summed E-state index contributed by atoms with van der Waals surface area (Å²) < 4.78 is 4.37. The van der Waals surface area contributed by atoms with Crippen LogP contribution in [0.3, 0.4) is 0 Å². The molecule has 2 heterocycles. The molecule has 1 aliphatic rings. The number of hydrogen-bond donors (Lipinski definition) is 0. The standard InChI is InChI=1S/C10H16ClN3S/c1-2-4-9-12-10(15-13-9)14-6-3-5-8(14)7-11/h8H,2-7H2,1H3. The van der Waals surface area contributed by atoms with Gasteiger partial charge < -0.3 is 4.90 Å². The number of nitrogens with zero attached hydrogens (tertiary/aromatic N) is 3. The van der Waals surface area contributed by atoms with Gasteiger partial charge in [0.1, 0.15) is 5.82 Å². The SMILES string of the molecule is CCCc1nsc(N2CCCC2CCl)n1. The molecule has 1 atom stereocenters. The zero-order valence-corrected chi connectivity index (χ0v) is 10.5. The monoisotopic (exact) mass is 245 g/mol. The fraction of sp³-hybridized carbons (Fsp3) is 0.800. The van der Waals surface area contributed by atoms with Gasteiger partial charge in [-0.15, -0.1) is 11.6 Å². The van der Waals surface area contributed by atoms with Crippen LogP contribution in [0.5, 0.6) is 0 Å². The van der Waals surface area contributed by atoms with Crippen molar-refractivity contribution in [1.29, 1.82) is 0 Å². The van der Waals surface area contributed by atoms with Crippen LogP contribution < -0.4 is 4.90 Å². The predicted molar refractivity (Wildman–Crippen MR) is 65.0 cm³/mol. The highest BCUT2D eigenvalue weighted by Gasteiger charge is 2.26. The van der Waals surface area contributed by atoms with Crippen molar-refractivity contribution in [3.05, 3.63) is 5.82 Å². The summed E-state index contributed by atoms with van der Waals surface area (Å²) in [4.78, 5) is 6.86. The van der Waals surface area contributed by atoms with E-state index in [1.165, 1.54) is 24.4 Å². The molecule has 3 nitrogen and oxygen atoms in total. The Hall–Kier alpha value is -0.350. The molecule has 0 radical (unpaired) electrons. The smallest absolute Gasteiger partial charge is 0.205 e. The molecule has 0 saturated carbocycles. The lowest BCUT2D eigenvalue weighted by Crippen LogP contribution is -2.30. The van der Waals surface area contributed by atoms with Crippen LogP contribution in [-0.4, -0.2) is 27.8 Å². The molecule has 0 amide bonds. The summed E-state index contributed by atoms with van der Waals surface area (Å²) in [6, 6.07) is 0.467. The molecule has 1 saturated heterocycles. The molecule has 5 heteroatoms. The van der Waals surface area contributed by atoms with Gasteiger partial charge >= 0.3 is 0 Å². The normalized spacial score (nSPS) is 21.2. The lowest BCUT2D eigenvalue weighted by atomic mass is 10.2. The third-order valence-electron chi connectivity index (χ3n) is 2.73. The molecule has 0 bridgehead atoms. The summed E-state index contributed by atoms with van der Waals surface area (Å²) in [6.07, 6.45) is 4.50. The minimum atomic E-state index is 0.467. The van der Waals surface area contributed by atoms with Crippen molar-refractivity contribution in [3.8, 4) is 0 Å². The first-order valence-electron chi connectivity index (χ1n) is 5.50. The second-order valence-electron chi connectivity index (χ2n) is 3.89. The third kappa shape index (κ3) is 2.42. The van der Waals surface area contributed by atoms with Crippen molar-refractivity contribution in [3.63, 3.8) is 0 Å². The molecule has 0 aliphatic carbocycles. The van der Waals surface area contributed by atoms with Gasteiger partial charge in [-0.3, -0.25) is 0 Å². The van der Waals surface area contributed by atoms with Gasteiger partial charge in [0.15, 0.2) is 0 Å². The first kappa shape index (κ1) is 11.1. The zero-order chi connectivity index (χ0) is 10.7. The van der Waals surface area contributed by atoms with Gasteiger partial charge in [0.05, 0.1) is 0 Å². The van der Waals surface area contributed by atoms with Crippen molar-refractivity contribution in [2.45, 2.75) is 38.6 Å². The second-order valence-corrected chi connectivity index (χ2v) is 4.93. The molecule has 2 rings (SSSR count). The van der Waals surface area contributed by atoms with Gasteiger partial charge in [0.2, 0.25) is 5.13 Å². The molecule has 0 aromatic carbocycles. The maximum absolute atomic E-state index is 5.94. The second kappa shape index (κ2) is 5.12. The Morgan fingerprint density at radius 1 is 1.60 bits per heavy atom. The van der Waals surface area contributed by atoms with E-state index in [0.717, 1.165) is 30.3 Å². The zero-order valence-electron chi connectivity index (χ0n) is 8.95. The molecule has 1 fully saturated rings. The van der Waals surface area contributed by atoms with E-state index in [-0.39, 0.29) is 0 Å². The Kier molecular flexibility index (Phi) is 3.81. The molecule has 0 N–H and O–H groups in total. The van der Waals surface area contributed by atoms with Crippen molar-refractivity contribution >= 4 is 28.3 Å². The highest BCUT2D eigenvalue weighted by Crippen LogP contribution is 2.27. The summed E-state index contributed by atoms with van der Waals surface area (Å²) in [5.74, 6) is 1.68. The van der Waals surface area contributed by atoms with Gasteiger partial charge in [-0.1, -0.05) is 6.92 Å². The Morgan fingerprint density at radius 3 is 3.20 bits per heavy atom. The van der Waals surface area contributed by atoms with E-state index < -0.39 is 0 Å². The van der Waals surface area contributed by atoms with Crippen LogP contribution in [0.25, 0.3) is 0 Å². The number of hydrogen-bond acceptors (Lipinski definition) is 4. The highest BCUT2D eigenvalue weighted by molar-refractivity contribution is 7.09. The minimum Gasteiger partial charge on any atom is -0.343 e. The topological polar surface area (TPSA) is 29.0 Å². The fourth-order valence-electron chi connectivity index (χ4n) is 1.93. The predicted octanol–water partition coefficient (Wildman–Crippen LogP) is 2.70. The van der Waals surface area contributed by atoms with Crippen LogP contribution in [-0.2, 0) is 6.42 Å². The van der Waals surface area contributed by atoms with Gasteiger partial charge in [-0.2, -0.15) is 4.37 Å². The minimum absolute atomic E-state index is 0.467. The fourth-order valence-corrected chi connectivity index (χ4v) is 3.07. The van der Waals surface area contributed by atoms with Crippen LogP contribution in [0.2, 0.25) is 0 Å². The molecule has 0 spiro atoms. The van der Waals surface area contributed by atoms with Gasteiger partial charge in [-0.05, 0) is 19.3 Å². The van der Waals surface area contributed by atoms with Crippen LogP contribution >= 0.6 is 23.1 Å². The third-order valence-corrected chi connectivity index (χ3v) is 3.88. The average molecular weight is 246 g/mol. The molecule has 1 aromatic rings. The quantitative estimate of drug-likeness (QED) is 0.764. The van der Waals surface area contributed by atoms with Gasteiger partial charge in [0, 0.05) is 36.4 Å². The average Bonchev–Trinajstić information content (AvgIpc) is 2.84. The van der Waals surface area contributed by atoms with Crippen molar-refractivity contribution < 1.29 is 0 Å². The van der Waals surface area contributed by atoms with E-state index in [2.05, 4.69) is 21.2 Å². The maximum Gasteiger partial charge on any atom is 0.205 e. The highest BCUT2D eigenvalue weighted by atomic mass is 35.5. The number of halogens is 1. The molecule has 84 valence electrons. The van der Waals surface area contributed by atoms with E-state index >= 15 is 0 Å². The molecule has 1 aromatic heterocycles. The van der Waals surface area contributed by atoms with Gasteiger partial charge in [-0.25, -0.2) is 4.98 Å².